The number of hydrogen-bond acceptors (Lipinski definition) is 3. The van der Waals surface area contributed by atoms with Gasteiger partial charge < -0.3 is 10.0 Å². The lowest BCUT2D eigenvalue weighted by atomic mass is 9.78. The topological polar surface area (TPSA) is 40.5 Å². The highest BCUT2D eigenvalue weighted by Crippen LogP contribution is 2.35. The van der Waals surface area contributed by atoms with Crippen LogP contribution in [0, 0.1) is 0 Å². The molecule has 0 fully saturated rings. The van der Waals surface area contributed by atoms with Gasteiger partial charge in [-0.25, -0.2) is 0 Å². The Bertz CT molecular complexity index is 532. The summed E-state index contributed by atoms with van der Waals surface area (Å²) < 4.78 is 0. The van der Waals surface area contributed by atoms with Gasteiger partial charge in [0.1, 0.15) is 5.60 Å². The smallest absolute Gasteiger partial charge is 0.254 e. The monoisotopic (exact) mass is 293 g/mol. The highest BCUT2D eigenvalue weighted by molar-refractivity contribution is 7.98. The average molecular weight is 293 g/mol. The van der Waals surface area contributed by atoms with E-state index in [1.165, 1.54) is 16.0 Å². The van der Waals surface area contributed by atoms with Gasteiger partial charge in [-0.15, -0.1) is 11.8 Å². The standard InChI is InChI=1S/C16H23NO2S/c1-15(2)10-17(14(18)16(3,4)19)9-11-8-12(20-5)6-7-13(11)15/h6-8,19H,9-10H2,1-5H3. The van der Waals surface area contributed by atoms with Crippen LogP contribution < -0.4 is 0 Å². The van der Waals surface area contributed by atoms with Gasteiger partial charge in [0.15, 0.2) is 0 Å². The van der Waals surface area contributed by atoms with Gasteiger partial charge in [-0.05, 0) is 43.4 Å². The minimum absolute atomic E-state index is 0.0918. The van der Waals surface area contributed by atoms with Crippen molar-refractivity contribution >= 4 is 17.7 Å². The Morgan fingerprint density at radius 3 is 2.60 bits per heavy atom. The lowest BCUT2D eigenvalue weighted by Gasteiger charge is -2.41. The van der Waals surface area contributed by atoms with E-state index in [1.54, 1.807) is 30.5 Å². The molecule has 1 aliphatic heterocycles. The van der Waals surface area contributed by atoms with Crippen molar-refractivity contribution in [3.05, 3.63) is 29.3 Å². The highest BCUT2D eigenvalue weighted by atomic mass is 32.2. The number of hydrogen-bond donors (Lipinski definition) is 1. The second-order valence-electron chi connectivity index (χ2n) is 6.63. The quantitative estimate of drug-likeness (QED) is 0.852. The molecule has 0 unspecified atom stereocenters. The van der Waals surface area contributed by atoms with Crippen LogP contribution in [-0.2, 0) is 16.8 Å². The fourth-order valence-corrected chi connectivity index (χ4v) is 3.31. The highest BCUT2D eigenvalue weighted by Gasteiger charge is 2.38. The van der Waals surface area contributed by atoms with Gasteiger partial charge in [0.05, 0.1) is 0 Å². The molecule has 1 amide bonds. The molecule has 2 rings (SSSR count). The summed E-state index contributed by atoms with van der Waals surface area (Å²) in [5.74, 6) is -0.203. The van der Waals surface area contributed by atoms with E-state index in [0.29, 0.717) is 13.1 Å². The molecule has 4 heteroatoms. The summed E-state index contributed by atoms with van der Waals surface area (Å²) in [5.41, 5.74) is 1.08. The number of rotatable bonds is 2. The van der Waals surface area contributed by atoms with E-state index < -0.39 is 5.60 Å². The predicted molar refractivity (Wildman–Crippen MR) is 83.0 cm³/mol. The predicted octanol–water partition coefficient (Wildman–Crippen LogP) is 2.80. The average Bonchev–Trinajstić information content (AvgIpc) is 2.35. The molecule has 0 atom stereocenters. The molecule has 0 spiro atoms. The van der Waals surface area contributed by atoms with Crippen LogP contribution in [-0.4, -0.2) is 34.3 Å². The second-order valence-corrected chi connectivity index (χ2v) is 7.51. The van der Waals surface area contributed by atoms with E-state index in [2.05, 4.69) is 38.3 Å². The first-order chi connectivity index (χ1) is 9.15. The molecule has 0 saturated heterocycles. The number of benzene rings is 1. The third-order valence-corrected chi connectivity index (χ3v) is 4.52. The summed E-state index contributed by atoms with van der Waals surface area (Å²) >= 11 is 1.70. The summed E-state index contributed by atoms with van der Waals surface area (Å²) in [7, 11) is 0. The van der Waals surface area contributed by atoms with Crippen LogP contribution in [0.3, 0.4) is 0 Å². The normalized spacial score (nSPS) is 17.8. The maximum atomic E-state index is 12.3. The molecule has 0 radical (unpaired) electrons. The molecule has 1 N–H and O–H groups in total. The maximum Gasteiger partial charge on any atom is 0.254 e. The van der Waals surface area contributed by atoms with Crippen molar-refractivity contribution in [2.24, 2.45) is 0 Å². The van der Waals surface area contributed by atoms with Crippen molar-refractivity contribution in [2.45, 2.75) is 50.2 Å². The fraction of sp³-hybridized carbons (Fsp3) is 0.562. The minimum atomic E-state index is -1.31. The van der Waals surface area contributed by atoms with Crippen molar-refractivity contribution in [1.82, 2.24) is 4.90 Å². The van der Waals surface area contributed by atoms with Crippen LogP contribution in [0.4, 0.5) is 0 Å². The Morgan fingerprint density at radius 2 is 2.05 bits per heavy atom. The molecule has 1 aromatic rings. The molecule has 0 saturated carbocycles. The number of aliphatic hydroxyl groups is 1. The van der Waals surface area contributed by atoms with Crippen LogP contribution in [0.1, 0.15) is 38.8 Å². The summed E-state index contributed by atoms with van der Waals surface area (Å²) in [6.45, 7) is 8.62. The van der Waals surface area contributed by atoms with Crippen LogP contribution >= 0.6 is 11.8 Å². The van der Waals surface area contributed by atoms with E-state index >= 15 is 0 Å². The zero-order valence-corrected chi connectivity index (χ0v) is 13.7. The largest absolute Gasteiger partial charge is 0.381 e. The molecule has 1 aromatic carbocycles. The number of nitrogens with zero attached hydrogens (tertiary/aromatic N) is 1. The van der Waals surface area contributed by atoms with Crippen molar-refractivity contribution < 1.29 is 9.90 Å². The van der Waals surface area contributed by atoms with E-state index in [-0.39, 0.29) is 11.3 Å². The summed E-state index contributed by atoms with van der Waals surface area (Å²) in [5, 5.41) is 9.96. The number of carbonyl (C=O) groups is 1. The lowest BCUT2D eigenvalue weighted by molar-refractivity contribution is -0.149. The Kier molecular flexibility index (Phi) is 3.91. The zero-order valence-electron chi connectivity index (χ0n) is 12.9. The SMILES string of the molecule is CSc1ccc2c(c1)CN(C(=O)C(C)(C)O)CC2(C)C. The van der Waals surface area contributed by atoms with Gasteiger partial charge in [0.2, 0.25) is 0 Å². The first-order valence-electron chi connectivity index (χ1n) is 6.84. The molecule has 3 nitrogen and oxygen atoms in total. The second kappa shape index (κ2) is 5.08. The molecule has 0 bridgehead atoms. The zero-order chi connectivity index (χ0) is 15.1. The third-order valence-electron chi connectivity index (χ3n) is 3.80. The summed E-state index contributed by atoms with van der Waals surface area (Å²) in [4.78, 5) is 15.3. The Morgan fingerprint density at radius 1 is 1.40 bits per heavy atom. The Hall–Kier alpha value is -1.00. The molecule has 0 aliphatic carbocycles. The number of fused-ring (bicyclic) bond motifs is 1. The molecular formula is C16H23NO2S. The van der Waals surface area contributed by atoms with Gasteiger partial charge in [-0.3, -0.25) is 4.79 Å². The maximum absolute atomic E-state index is 12.3. The van der Waals surface area contributed by atoms with Crippen LogP contribution in [0.5, 0.6) is 0 Å². The number of amides is 1. The van der Waals surface area contributed by atoms with Crippen LogP contribution in [0.15, 0.2) is 23.1 Å². The van der Waals surface area contributed by atoms with Crippen molar-refractivity contribution in [3.63, 3.8) is 0 Å². The molecular weight excluding hydrogens is 270 g/mol. The first kappa shape index (κ1) is 15.4. The third kappa shape index (κ3) is 2.86. The van der Waals surface area contributed by atoms with Crippen molar-refractivity contribution in [2.75, 3.05) is 12.8 Å². The first-order valence-corrected chi connectivity index (χ1v) is 8.07. The number of thioether (sulfide) groups is 1. The van der Waals surface area contributed by atoms with Crippen LogP contribution in [0.25, 0.3) is 0 Å². The van der Waals surface area contributed by atoms with Crippen molar-refractivity contribution in [3.8, 4) is 0 Å². The Balaban J connectivity index is 2.39. The minimum Gasteiger partial charge on any atom is -0.381 e. The molecule has 20 heavy (non-hydrogen) atoms. The summed E-state index contributed by atoms with van der Waals surface area (Å²) in [6.07, 6.45) is 2.05. The molecule has 1 heterocycles. The van der Waals surface area contributed by atoms with E-state index in [9.17, 15) is 9.90 Å². The molecule has 110 valence electrons. The fourth-order valence-electron chi connectivity index (χ4n) is 2.84. The molecule has 0 aromatic heterocycles. The summed E-state index contributed by atoms with van der Waals surface area (Å²) in [6, 6.07) is 6.47. The Labute approximate surface area is 125 Å². The van der Waals surface area contributed by atoms with E-state index in [1.807, 2.05) is 0 Å². The number of carbonyl (C=O) groups excluding carboxylic acids is 1. The van der Waals surface area contributed by atoms with E-state index in [0.717, 1.165) is 0 Å². The molecule has 1 aliphatic rings. The lowest BCUT2D eigenvalue weighted by Crippen LogP contribution is -2.51. The van der Waals surface area contributed by atoms with Crippen LogP contribution in [0.2, 0.25) is 0 Å². The van der Waals surface area contributed by atoms with E-state index in [4.69, 9.17) is 0 Å². The van der Waals surface area contributed by atoms with Gasteiger partial charge in [0.25, 0.3) is 5.91 Å². The van der Waals surface area contributed by atoms with Crippen molar-refractivity contribution in [1.29, 1.82) is 0 Å². The van der Waals surface area contributed by atoms with Gasteiger partial charge in [-0.2, -0.15) is 0 Å². The van der Waals surface area contributed by atoms with Gasteiger partial charge in [0, 0.05) is 23.4 Å². The van der Waals surface area contributed by atoms with Gasteiger partial charge >= 0.3 is 0 Å². The van der Waals surface area contributed by atoms with Gasteiger partial charge in [-0.1, -0.05) is 19.9 Å².